The van der Waals surface area contributed by atoms with E-state index in [0.717, 1.165) is 16.9 Å². The zero-order valence-electron chi connectivity index (χ0n) is 19.0. The summed E-state index contributed by atoms with van der Waals surface area (Å²) in [5.41, 5.74) is 1.84. The number of allylic oxidation sites excluding steroid dienone is 1. The number of carboxylic acids is 1. The number of carbonyl (C=O) groups is 1. The number of amidine groups is 1. The molecule has 0 spiro atoms. The van der Waals surface area contributed by atoms with Crippen LogP contribution in [0, 0.1) is 5.82 Å². The van der Waals surface area contributed by atoms with Gasteiger partial charge in [-0.3, -0.25) is 14.7 Å². The van der Waals surface area contributed by atoms with Crippen molar-refractivity contribution in [3.8, 4) is 0 Å². The highest BCUT2D eigenvalue weighted by molar-refractivity contribution is 6.31. The van der Waals surface area contributed by atoms with Gasteiger partial charge in [-0.25, -0.2) is 9.38 Å². The molecule has 0 saturated heterocycles. The number of nitrogens with one attached hydrogen (secondary N) is 1. The van der Waals surface area contributed by atoms with Gasteiger partial charge in [-0.2, -0.15) is 0 Å². The number of hydrogen-bond donors (Lipinski definition) is 2. The van der Waals surface area contributed by atoms with Crippen LogP contribution in [0.15, 0.2) is 51.2 Å². The van der Waals surface area contributed by atoms with E-state index in [1.54, 1.807) is 38.1 Å². The fraction of sp³-hybridized carbons (Fsp3) is 0.435. The first kappa shape index (κ1) is 25.5. The number of anilines is 1. The van der Waals surface area contributed by atoms with Crippen molar-refractivity contribution in [2.24, 2.45) is 9.98 Å². The molecular weight excluding hydrogens is 435 g/mol. The second-order valence-corrected chi connectivity index (χ2v) is 7.61. The fourth-order valence-electron chi connectivity index (χ4n) is 3.37. The predicted molar refractivity (Wildman–Crippen MR) is 127 cm³/mol. The Balaban J connectivity index is 0.00000176. The summed E-state index contributed by atoms with van der Waals surface area (Å²) in [5, 5.41) is 12.3. The van der Waals surface area contributed by atoms with Crippen molar-refractivity contribution in [1.29, 1.82) is 0 Å². The normalized spacial score (nSPS) is 18.6. The SMILES string of the molecule is CC.COC1=C(CN(C)[C@H](C)C(=O)O)C=C2C(Nc3cccc(Cl)c3F)=NC=NC2CC1. The Morgan fingerprint density at radius 1 is 1.44 bits per heavy atom. The molecule has 2 atom stereocenters. The molecule has 1 aromatic carbocycles. The summed E-state index contributed by atoms with van der Waals surface area (Å²) in [7, 11) is 3.34. The number of aliphatic carboxylic acids is 1. The number of rotatable bonds is 6. The number of ether oxygens (including phenoxy) is 1. The predicted octanol–water partition coefficient (Wildman–Crippen LogP) is 4.75. The molecule has 2 aliphatic rings. The molecule has 0 radical (unpaired) electrons. The van der Waals surface area contributed by atoms with Gasteiger partial charge in [-0.15, -0.1) is 0 Å². The van der Waals surface area contributed by atoms with Gasteiger partial charge in [0.05, 0.1) is 23.9 Å². The summed E-state index contributed by atoms with van der Waals surface area (Å²) in [6, 6.07) is 3.88. The molecule has 2 N–H and O–H groups in total. The molecule has 0 fully saturated rings. The van der Waals surface area contributed by atoms with Crippen molar-refractivity contribution >= 4 is 35.4 Å². The highest BCUT2D eigenvalue weighted by atomic mass is 35.5. The van der Waals surface area contributed by atoms with E-state index >= 15 is 0 Å². The maximum atomic E-state index is 14.4. The molecule has 1 aromatic rings. The Labute approximate surface area is 193 Å². The topological polar surface area (TPSA) is 86.5 Å². The van der Waals surface area contributed by atoms with Crippen LogP contribution in [-0.2, 0) is 9.53 Å². The van der Waals surface area contributed by atoms with Gasteiger partial charge in [0.25, 0.3) is 0 Å². The highest BCUT2D eigenvalue weighted by Crippen LogP contribution is 2.30. The van der Waals surface area contributed by atoms with Crippen molar-refractivity contribution in [3.63, 3.8) is 0 Å². The third-order valence-corrected chi connectivity index (χ3v) is 5.58. The number of carboxylic acid groups (broad SMARTS) is 1. The Bertz CT molecular complexity index is 959. The van der Waals surface area contributed by atoms with Crippen LogP contribution in [0.5, 0.6) is 0 Å². The van der Waals surface area contributed by atoms with Gasteiger partial charge in [0.1, 0.15) is 24.0 Å². The summed E-state index contributed by atoms with van der Waals surface area (Å²) in [5.74, 6) is -0.220. The maximum absolute atomic E-state index is 14.4. The first-order valence-electron chi connectivity index (χ1n) is 10.5. The fourth-order valence-corrected chi connectivity index (χ4v) is 3.54. The van der Waals surface area contributed by atoms with Gasteiger partial charge < -0.3 is 15.2 Å². The van der Waals surface area contributed by atoms with Crippen LogP contribution in [-0.4, -0.2) is 60.9 Å². The van der Waals surface area contributed by atoms with Crippen LogP contribution in [0.4, 0.5) is 10.1 Å². The largest absolute Gasteiger partial charge is 0.501 e. The second kappa shape index (κ2) is 11.8. The lowest BCUT2D eigenvalue weighted by molar-refractivity contribution is -0.141. The Kier molecular flexibility index (Phi) is 9.41. The molecule has 0 amide bonds. The molecule has 0 bridgehead atoms. The molecule has 1 aliphatic carbocycles. The van der Waals surface area contributed by atoms with Gasteiger partial charge in [0, 0.05) is 24.1 Å². The van der Waals surface area contributed by atoms with Crippen LogP contribution in [0.2, 0.25) is 5.02 Å². The zero-order chi connectivity index (χ0) is 23.8. The van der Waals surface area contributed by atoms with Gasteiger partial charge in [0.2, 0.25) is 0 Å². The van der Waals surface area contributed by atoms with Gasteiger partial charge in [0.15, 0.2) is 5.82 Å². The number of nitrogens with zero attached hydrogens (tertiary/aromatic N) is 3. The number of methoxy groups -OCH3 is 1. The van der Waals surface area contributed by atoms with Gasteiger partial charge in [-0.05, 0) is 38.6 Å². The van der Waals surface area contributed by atoms with E-state index in [-0.39, 0.29) is 16.8 Å². The number of halogens is 2. The minimum atomic E-state index is -0.904. The Hall–Kier alpha value is -2.71. The van der Waals surface area contributed by atoms with Crippen molar-refractivity contribution in [1.82, 2.24) is 4.90 Å². The number of aliphatic imine (C=N–C) groups is 2. The molecule has 9 heteroatoms. The van der Waals surface area contributed by atoms with Crippen LogP contribution >= 0.6 is 11.6 Å². The molecule has 7 nitrogen and oxygen atoms in total. The van der Waals surface area contributed by atoms with E-state index in [9.17, 15) is 14.3 Å². The van der Waals surface area contributed by atoms with Crippen LogP contribution in [0.3, 0.4) is 0 Å². The number of benzene rings is 1. The number of fused-ring (bicyclic) bond motifs is 1. The highest BCUT2D eigenvalue weighted by Gasteiger charge is 2.28. The minimum absolute atomic E-state index is 0.0167. The number of likely N-dealkylation sites (N-methyl/N-ethyl adjacent to an activating group) is 1. The molecular formula is C23H30ClFN4O3. The van der Waals surface area contributed by atoms with E-state index in [0.29, 0.717) is 25.2 Å². The van der Waals surface area contributed by atoms with E-state index in [1.807, 2.05) is 19.9 Å². The van der Waals surface area contributed by atoms with Crippen LogP contribution in [0.1, 0.15) is 33.6 Å². The van der Waals surface area contributed by atoms with Gasteiger partial charge in [-0.1, -0.05) is 31.5 Å². The Morgan fingerprint density at radius 2 is 2.16 bits per heavy atom. The summed E-state index contributed by atoms with van der Waals surface area (Å²) in [4.78, 5) is 21.8. The van der Waals surface area contributed by atoms with Crippen LogP contribution < -0.4 is 5.32 Å². The lowest BCUT2D eigenvalue weighted by atomic mass is 10.0. The average Bonchev–Trinajstić information content (AvgIpc) is 2.97. The molecule has 1 aliphatic heterocycles. The maximum Gasteiger partial charge on any atom is 0.320 e. The molecule has 3 rings (SSSR count). The molecule has 0 saturated carbocycles. The quantitative estimate of drug-likeness (QED) is 0.634. The minimum Gasteiger partial charge on any atom is -0.501 e. The first-order chi connectivity index (χ1) is 15.3. The second-order valence-electron chi connectivity index (χ2n) is 7.20. The summed E-state index contributed by atoms with van der Waals surface area (Å²) >= 11 is 5.90. The lowest BCUT2D eigenvalue weighted by Crippen LogP contribution is -2.37. The number of hydrogen-bond acceptors (Lipinski definition) is 6. The molecule has 174 valence electrons. The van der Waals surface area contributed by atoms with E-state index in [2.05, 4.69) is 15.3 Å². The molecule has 1 heterocycles. The first-order valence-corrected chi connectivity index (χ1v) is 10.9. The third-order valence-electron chi connectivity index (χ3n) is 5.29. The van der Waals surface area contributed by atoms with Crippen molar-refractivity contribution in [3.05, 3.63) is 52.0 Å². The summed E-state index contributed by atoms with van der Waals surface area (Å²) in [6.45, 7) is 6.00. The molecule has 0 aromatic heterocycles. The van der Waals surface area contributed by atoms with Crippen molar-refractivity contribution < 1.29 is 19.0 Å². The Morgan fingerprint density at radius 3 is 2.81 bits per heavy atom. The average molecular weight is 465 g/mol. The molecule has 32 heavy (non-hydrogen) atoms. The smallest absolute Gasteiger partial charge is 0.320 e. The van der Waals surface area contributed by atoms with Crippen LogP contribution in [0.25, 0.3) is 0 Å². The van der Waals surface area contributed by atoms with Gasteiger partial charge >= 0.3 is 5.97 Å². The van der Waals surface area contributed by atoms with Crippen molar-refractivity contribution in [2.75, 3.05) is 26.0 Å². The summed E-state index contributed by atoms with van der Waals surface area (Å²) in [6.07, 6.45) is 4.70. The third kappa shape index (κ3) is 5.95. The summed E-state index contributed by atoms with van der Waals surface area (Å²) < 4.78 is 20.0. The van der Waals surface area contributed by atoms with E-state index < -0.39 is 17.8 Å². The van der Waals surface area contributed by atoms with Crippen molar-refractivity contribution in [2.45, 2.75) is 45.7 Å². The standard InChI is InChI=1S/C21H24ClFN4O3.C2H6/c1-12(21(28)29)27(2)10-13-9-14-16(7-8-18(13)30-3)24-11-25-20(14)26-17-6-4-5-15(22)19(17)23;1-2/h4-6,9,11-12,16H,7-8,10H2,1-3H3,(H,28,29)(H,24,25,26);1-2H3/t12-,16?;/m1./s1. The zero-order valence-corrected chi connectivity index (χ0v) is 19.8. The monoisotopic (exact) mass is 464 g/mol. The molecule has 1 unspecified atom stereocenters. The van der Waals surface area contributed by atoms with E-state index in [4.69, 9.17) is 16.3 Å². The lowest BCUT2D eigenvalue weighted by Gasteiger charge is -2.23. The van der Waals surface area contributed by atoms with E-state index in [1.165, 1.54) is 12.4 Å².